The summed E-state index contributed by atoms with van der Waals surface area (Å²) in [5, 5.41) is 13.8. The van der Waals surface area contributed by atoms with Crippen LogP contribution in [0.25, 0.3) is 0 Å². The number of nitrogens with one attached hydrogen (secondary N) is 2. The van der Waals surface area contributed by atoms with E-state index in [2.05, 4.69) is 25.6 Å². The van der Waals surface area contributed by atoms with E-state index in [4.69, 9.17) is 0 Å². The van der Waals surface area contributed by atoms with E-state index in [-0.39, 0.29) is 5.91 Å². The van der Waals surface area contributed by atoms with Gasteiger partial charge in [-0.1, -0.05) is 0 Å². The lowest BCUT2D eigenvalue weighted by Crippen LogP contribution is -2.28. The first-order chi connectivity index (χ1) is 9.08. The molecule has 2 rings (SSSR count). The predicted molar refractivity (Wildman–Crippen MR) is 69.5 cm³/mol. The molecule has 0 aliphatic heterocycles. The van der Waals surface area contributed by atoms with Gasteiger partial charge in [-0.15, -0.1) is 0 Å². The summed E-state index contributed by atoms with van der Waals surface area (Å²) in [6, 6.07) is 0. The number of aromatic nitrogens is 5. The van der Waals surface area contributed by atoms with E-state index in [1.165, 1.54) is 6.33 Å². The number of carbonyl (C=O) groups excluding carboxylic acids is 1. The van der Waals surface area contributed by atoms with Gasteiger partial charge in [0.1, 0.15) is 12.2 Å². The lowest BCUT2D eigenvalue weighted by atomic mass is 10.1. The summed E-state index contributed by atoms with van der Waals surface area (Å²) in [5.74, 6) is 0.853. The lowest BCUT2D eigenvalue weighted by Gasteiger charge is -2.05. The van der Waals surface area contributed by atoms with Gasteiger partial charge in [0.15, 0.2) is 0 Å². The van der Waals surface area contributed by atoms with Crippen molar-refractivity contribution in [3.63, 3.8) is 0 Å². The van der Waals surface area contributed by atoms with Gasteiger partial charge < -0.3 is 5.32 Å². The number of nitrogens with zero attached hydrogens (tertiary/aromatic N) is 4. The Balaban J connectivity index is 1.81. The van der Waals surface area contributed by atoms with E-state index in [1.807, 2.05) is 20.9 Å². The molecule has 0 aliphatic rings. The molecule has 0 bridgehead atoms. The van der Waals surface area contributed by atoms with Crippen molar-refractivity contribution < 1.29 is 4.79 Å². The molecule has 2 N–H and O–H groups in total. The second-order valence-corrected chi connectivity index (χ2v) is 4.49. The highest BCUT2D eigenvalue weighted by Crippen LogP contribution is 2.09. The quantitative estimate of drug-likeness (QED) is 0.797. The van der Waals surface area contributed by atoms with Crippen LogP contribution in [-0.2, 0) is 24.7 Å². The number of H-pyrrole nitrogens is 1. The van der Waals surface area contributed by atoms with Gasteiger partial charge >= 0.3 is 0 Å². The average molecular weight is 262 g/mol. The van der Waals surface area contributed by atoms with E-state index in [9.17, 15) is 4.79 Å². The number of aromatic amines is 1. The number of aryl methyl sites for hydroxylation is 3. The van der Waals surface area contributed by atoms with E-state index in [0.717, 1.165) is 22.8 Å². The molecule has 102 valence electrons. The van der Waals surface area contributed by atoms with Gasteiger partial charge in [0, 0.05) is 31.3 Å². The first kappa shape index (κ1) is 13.3. The first-order valence-corrected chi connectivity index (χ1v) is 6.18. The number of hydrogen-bond donors (Lipinski definition) is 2. The molecule has 7 nitrogen and oxygen atoms in total. The standard InChI is InChI=1S/C12H18N6O/c1-8-10(9(2)17-16-8)6-12(19)13-5-4-11-14-7-15-18(11)3/h7H,4-6H2,1-3H3,(H,13,19)(H,16,17). The largest absolute Gasteiger partial charge is 0.355 e. The number of hydrogen-bond acceptors (Lipinski definition) is 4. The minimum absolute atomic E-state index is 0.00484. The fourth-order valence-corrected chi connectivity index (χ4v) is 1.92. The van der Waals surface area contributed by atoms with Gasteiger partial charge in [0.25, 0.3) is 0 Å². The van der Waals surface area contributed by atoms with Crippen LogP contribution in [0.15, 0.2) is 6.33 Å². The molecule has 7 heteroatoms. The molecule has 19 heavy (non-hydrogen) atoms. The van der Waals surface area contributed by atoms with E-state index >= 15 is 0 Å². The van der Waals surface area contributed by atoms with Crippen molar-refractivity contribution in [2.45, 2.75) is 26.7 Å². The van der Waals surface area contributed by atoms with Gasteiger partial charge in [-0.05, 0) is 13.8 Å². The molecule has 0 fully saturated rings. The molecule has 0 spiro atoms. The first-order valence-electron chi connectivity index (χ1n) is 6.18. The molecule has 1 amide bonds. The fraction of sp³-hybridized carbons (Fsp3) is 0.500. The van der Waals surface area contributed by atoms with Crippen LogP contribution in [0.1, 0.15) is 22.8 Å². The Morgan fingerprint density at radius 3 is 2.84 bits per heavy atom. The van der Waals surface area contributed by atoms with Crippen LogP contribution >= 0.6 is 0 Å². The van der Waals surface area contributed by atoms with Gasteiger partial charge in [0.2, 0.25) is 5.91 Å². The average Bonchev–Trinajstić information content (AvgIpc) is 2.90. The van der Waals surface area contributed by atoms with Crippen molar-refractivity contribution >= 4 is 5.91 Å². The maximum Gasteiger partial charge on any atom is 0.224 e. The van der Waals surface area contributed by atoms with Crippen molar-refractivity contribution in [3.05, 3.63) is 29.1 Å². The monoisotopic (exact) mass is 262 g/mol. The number of amides is 1. The van der Waals surface area contributed by atoms with Crippen LogP contribution in [0.3, 0.4) is 0 Å². The van der Waals surface area contributed by atoms with Crippen molar-refractivity contribution in [1.82, 2.24) is 30.3 Å². The summed E-state index contributed by atoms with van der Waals surface area (Å²) >= 11 is 0. The molecule has 0 unspecified atom stereocenters. The molecular formula is C12H18N6O. The Bertz CT molecular complexity index is 551. The van der Waals surface area contributed by atoms with Gasteiger partial charge in [-0.3, -0.25) is 14.6 Å². The summed E-state index contributed by atoms with van der Waals surface area (Å²) in [5.41, 5.74) is 2.79. The van der Waals surface area contributed by atoms with Crippen LogP contribution in [0.2, 0.25) is 0 Å². The Kier molecular flexibility index (Phi) is 3.94. The van der Waals surface area contributed by atoms with Crippen LogP contribution in [0.5, 0.6) is 0 Å². The van der Waals surface area contributed by atoms with Crippen molar-refractivity contribution in [1.29, 1.82) is 0 Å². The molecule has 0 radical (unpaired) electrons. The smallest absolute Gasteiger partial charge is 0.224 e. The highest BCUT2D eigenvalue weighted by Gasteiger charge is 2.11. The minimum Gasteiger partial charge on any atom is -0.355 e. The SMILES string of the molecule is Cc1n[nH]c(C)c1CC(=O)NCCc1ncnn1C. The third-order valence-corrected chi connectivity index (χ3v) is 3.09. The van der Waals surface area contributed by atoms with Gasteiger partial charge in [-0.2, -0.15) is 10.2 Å². The summed E-state index contributed by atoms with van der Waals surface area (Å²) in [7, 11) is 1.84. The third-order valence-electron chi connectivity index (χ3n) is 3.09. The Labute approximate surface area is 111 Å². The molecule has 2 aromatic heterocycles. The van der Waals surface area contributed by atoms with Crippen LogP contribution in [-0.4, -0.2) is 37.4 Å². The topological polar surface area (TPSA) is 88.5 Å². The minimum atomic E-state index is -0.00484. The van der Waals surface area contributed by atoms with Gasteiger partial charge in [-0.25, -0.2) is 4.98 Å². The number of rotatable bonds is 5. The molecule has 0 saturated carbocycles. The zero-order valence-corrected chi connectivity index (χ0v) is 11.4. The lowest BCUT2D eigenvalue weighted by molar-refractivity contribution is -0.120. The Morgan fingerprint density at radius 1 is 1.47 bits per heavy atom. The maximum atomic E-state index is 11.8. The Hall–Kier alpha value is -2.18. The zero-order chi connectivity index (χ0) is 13.8. The van der Waals surface area contributed by atoms with E-state index in [0.29, 0.717) is 19.4 Å². The summed E-state index contributed by atoms with van der Waals surface area (Å²) < 4.78 is 1.70. The van der Waals surface area contributed by atoms with Gasteiger partial charge in [0.05, 0.1) is 12.1 Å². The summed E-state index contributed by atoms with van der Waals surface area (Å²) in [6.45, 7) is 4.37. The number of carbonyl (C=O) groups is 1. The van der Waals surface area contributed by atoms with E-state index in [1.54, 1.807) is 4.68 Å². The molecule has 0 aromatic carbocycles. The maximum absolute atomic E-state index is 11.8. The van der Waals surface area contributed by atoms with Crippen molar-refractivity contribution in [2.75, 3.05) is 6.54 Å². The fourth-order valence-electron chi connectivity index (χ4n) is 1.92. The van der Waals surface area contributed by atoms with E-state index < -0.39 is 0 Å². The van der Waals surface area contributed by atoms with Crippen LogP contribution < -0.4 is 5.32 Å². The molecule has 0 aliphatic carbocycles. The summed E-state index contributed by atoms with van der Waals surface area (Å²) in [6.07, 6.45) is 2.54. The molecule has 0 saturated heterocycles. The molecule has 0 atom stereocenters. The highest BCUT2D eigenvalue weighted by molar-refractivity contribution is 5.79. The van der Waals surface area contributed by atoms with Crippen LogP contribution in [0.4, 0.5) is 0 Å². The van der Waals surface area contributed by atoms with Crippen molar-refractivity contribution in [2.24, 2.45) is 7.05 Å². The summed E-state index contributed by atoms with van der Waals surface area (Å²) in [4.78, 5) is 15.9. The van der Waals surface area contributed by atoms with Crippen LogP contribution in [0, 0.1) is 13.8 Å². The zero-order valence-electron chi connectivity index (χ0n) is 11.4. The molecule has 2 heterocycles. The predicted octanol–water partition coefficient (Wildman–Crippen LogP) is 0.0564. The second kappa shape index (κ2) is 5.64. The Morgan fingerprint density at radius 2 is 2.26 bits per heavy atom. The molecular weight excluding hydrogens is 244 g/mol. The normalized spacial score (nSPS) is 10.7. The second-order valence-electron chi connectivity index (χ2n) is 4.49. The third kappa shape index (κ3) is 3.18. The molecule has 2 aromatic rings. The van der Waals surface area contributed by atoms with Crippen molar-refractivity contribution in [3.8, 4) is 0 Å². The highest BCUT2D eigenvalue weighted by atomic mass is 16.1.